The van der Waals surface area contributed by atoms with E-state index in [1.54, 1.807) is 0 Å². The van der Waals surface area contributed by atoms with E-state index in [0.717, 1.165) is 56.2 Å². The number of hydrogen-bond acceptors (Lipinski definition) is 5. The van der Waals surface area contributed by atoms with Crippen molar-refractivity contribution in [3.8, 4) is 0 Å². The van der Waals surface area contributed by atoms with Gasteiger partial charge in [-0.2, -0.15) is 0 Å². The Morgan fingerprint density at radius 1 is 1.29 bits per heavy atom. The standard InChI is InChI=1S/C15H27N5O/c1-4-7-9-20(11-12(16)21)15-10-14(17-8-5-2)18-13(6-3)19-15/h10H,4-9,11H2,1-3H3,(H2,16,21)(H,17,18,19). The van der Waals surface area contributed by atoms with E-state index in [2.05, 4.69) is 29.1 Å². The summed E-state index contributed by atoms with van der Waals surface area (Å²) in [5.41, 5.74) is 5.35. The highest BCUT2D eigenvalue weighted by atomic mass is 16.1. The van der Waals surface area contributed by atoms with E-state index in [0.29, 0.717) is 0 Å². The largest absolute Gasteiger partial charge is 0.370 e. The van der Waals surface area contributed by atoms with Gasteiger partial charge in [-0.25, -0.2) is 9.97 Å². The lowest BCUT2D eigenvalue weighted by Gasteiger charge is -2.23. The average Bonchev–Trinajstić information content (AvgIpc) is 2.48. The topological polar surface area (TPSA) is 84.1 Å². The maximum absolute atomic E-state index is 11.3. The second kappa shape index (κ2) is 9.15. The first kappa shape index (κ1) is 17.2. The fraction of sp³-hybridized carbons (Fsp3) is 0.667. The summed E-state index contributed by atoms with van der Waals surface area (Å²) < 4.78 is 0. The Kier molecular flexibility index (Phi) is 7.50. The maximum atomic E-state index is 11.3. The molecule has 0 radical (unpaired) electrons. The molecule has 1 rings (SSSR count). The Labute approximate surface area is 127 Å². The molecule has 0 aromatic carbocycles. The SMILES string of the molecule is CCCCN(CC(N)=O)c1cc(NCCC)nc(CC)n1. The summed E-state index contributed by atoms with van der Waals surface area (Å²) in [6.07, 6.45) is 3.84. The van der Waals surface area contributed by atoms with Gasteiger partial charge in [0.2, 0.25) is 5.91 Å². The monoisotopic (exact) mass is 293 g/mol. The normalized spacial score (nSPS) is 10.4. The van der Waals surface area contributed by atoms with E-state index in [4.69, 9.17) is 5.73 Å². The lowest BCUT2D eigenvalue weighted by Crippen LogP contribution is -2.35. The van der Waals surface area contributed by atoms with Crippen molar-refractivity contribution < 1.29 is 4.79 Å². The quantitative estimate of drug-likeness (QED) is 0.689. The molecule has 0 atom stereocenters. The van der Waals surface area contributed by atoms with Crippen LogP contribution in [0.2, 0.25) is 0 Å². The minimum absolute atomic E-state index is 0.188. The molecule has 1 amide bonds. The number of nitrogens with one attached hydrogen (secondary N) is 1. The van der Waals surface area contributed by atoms with Crippen LogP contribution in [0, 0.1) is 0 Å². The molecular formula is C15H27N5O. The van der Waals surface area contributed by atoms with Crippen molar-refractivity contribution in [2.24, 2.45) is 5.73 Å². The molecule has 21 heavy (non-hydrogen) atoms. The number of unbranched alkanes of at least 4 members (excludes halogenated alkanes) is 1. The molecule has 0 bridgehead atoms. The number of nitrogens with two attached hydrogens (primary N) is 1. The van der Waals surface area contributed by atoms with E-state index in [1.807, 2.05) is 17.9 Å². The van der Waals surface area contributed by atoms with Gasteiger partial charge in [0.15, 0.2) is 0 Å². The molecule has 0 aliphatic rings. The summed E-state index contributed by atoms with van der Waals surface area (Å²) in [5, 5.41) is 3.28. The van der Waals surface area contributed by atoms with Crippen LogP contribution in [0.15, 0.2) is 6.07 Å². The lowest BCUT2D eigenvalue weighted by atomic mass is 10.3. The van der Waals surface area contributed by atoms with Crippen LogP contribution < -0.4 is 16.0 Å². The molecule has 1 aromatic heterocycles. The van der Waals surface area contributed by atoms with E-state index in [9.17, 15) is 4.79 Å². The number of carbonyl (C=O) groups is 1. The summed E-state index contributed by atoms with van der Waals surface area (Å²) >= 11 is 0. The molecule has 6 nitrogen and oxygen atoms in total. The molecule has 0 aliphatic heterocycles. The Hall–Kier alpha value is -1.85. The number of rotatable bonds is 10. The highest BCUT2D eigenvalue weighted by Gasteiger charge is 2.13. The predicted octanol–water partition coefficient (Wildman–Crippen LogP) is 1.95. The third-order valence-electron chi connectivity index (χ3n) is 3.08. The summed E-state index contributed by atoms with van der Waals surface area (Å²) in [5.74, 6) is 2.01. The molecule has 0 fully saturated rings. The highest BCUT2D eigenvalue weighted by Crippen LogP contribution is 2.17. The van der Waals surface area contributed by atoms with Gasteiger partial charge in [-0.15, -0.1) is 0 Å². The first-order valence-corrected chi connectivity index (χ1v) is 7.75. The van der Waals surface area contributed by atoms with Gasteiger partial charge in [0.1, 0.15) is 17.5 Å². The molecule has 0 spiro atoms. The van der Waals surface area contributed by atoms with E-state index < -0.39 is 0 Å². The van der Waals surface area contributed by atoms with Gasteiger partial charge in [-0.3, -0.25) is 4.79 Å². The van der Waals surface area contributed by atoms with Crippen LogP contribution in [0.25, 0.3) is 0 Å². The molecule has 3 N–H and O–H groups in total. The number of hydrogen-bond donors (Lipinski definition) is 2. The smallest absolute Gasteiger partial charge is 0.236 e. The van der Waals surface area contributed by atoms with Crippen molar-refractivity contribution in [2.45, 2.75) is 46.5 Å². The van der Waals surface area contributed by atoms with Gasteiger partial charge in [-0.1, -0.05) is 27.2 Å². The number of amides is 1. The van der Waals surface area contributed by atoms with Crippen LogP contribution in [0.1, 0.15) is 45.9 Å². The lowest BCUT2D eigenvalue weighted by molar-refractivity contribution is -0.116. The van der Waals surface area contributed by atoms with Crippen LogP contribution in [0.3, 0.4) is 0 Å². The van der Waals surface area contributed by atoms with Crippen LogP contribution in [0.4, 0.5) is 11.6 Å². The molecule has 0 unspecified atom stereocenters. The summed E-state index contributed by atoms with van der Waals surface area (Å²) in [7, 11) is 0. The minimum Gasteiger partial charge on any atom is -0.370 e. The molecule has 1 aromatic rings. The van der Waals surface area contributed by atoms with Crippen molar-refractivity contribution in [3.05, 3.63) is 11.9 Å². The zero-order valence-corrected chi connectivity index (χ0v) is 13.4. The van der Waals surface area contributed by atoms with Gasteiger partial charge < -0.3 is 16.0 Å². The van der Waals surface area contributed by atoms with Crippen LogP contribution in [-0.4, -0.2) is 35.5 Å². The van der Waals surface area contributed by atoms with Crippen LogP contribution in [0.5, 0.6) is 0 Å². The van der Waals surface area contributed by atoms with E-state index in [-0.39, 0.29) is 12.5 Å². The summed E-state index contributed by atoms with van der Waals surface area (Å²) in [6, 6.07) is 1.90. The first-order chi connectivity index (χ1) is 10.1. The van der Waals surface area contributed by atoms with E-state index >= 15 is 0 Å². The van der Waals surface area contributed by atoms with Crippen LogP contribution >= 0.6 is 0 Å². The number of primary amides is 1. The Morgan fingerprint density at radius 2 is 2.05 bits per heavy atom. The number of anilines is 2. The molecule has 6 heteroatoms. The maximum Gasteiger partial charge on any atom is 0.236 e. The first-order valence-electron chi connectivity index (χ1n) is 7.75. The van der Waals surface area contributed by atoms with Crippen molar-refractivity contribution in [2.75, 3.05) is 29.9 Å². The summed E-state index contributed by atoms with van der Waals surface area (Å²) in [6.45, 7) is 8.07. The zero-order chi connectivity index (χ0) is 15.7. The summed E-state index contributed by atoms with van der Waals surface area (Å²) in [4.78, 5) is 22.2. The molecule has 0 aliphatic carbocycles. The Balaban J connectivity index is 3.00. The fourth-order valence-electron chi connectivity index (χ4n) is 1.96. The van der Waals surface area contributed by atoms with Gasteiger partial charge >= 0.3 is 0 Å². The highest BCUT2D eigenvalue weighted by molar-refractivity contribution is 5.79. The van der Waals surface area contributed by atoms with Crippen LogP contribution in [-0.2, 0) is 11.2 Å². The van der Waals surface area contributed by atoms with Gasteiger partial charge in [0, 0.05) is 25.6 Å². The zero-order valence-electron chi connectivity index (χ0n) is 13.4. The Morgan fingerprint density at radius 3 is 2.62 bits per heavy atom. The number of carbonyl (C=O) groups excluding carboxylic acids is 1. The second-order valence-corrected chi connectivity index (χ2v) is 5.05. The molecule has 118 valence electrons. The van der Waals surface area contributed by atoms with Gasteiger partial charge in [0.05, 0.1) is 6.54 Å². The number of aromatic nitrogens is 2. The van der Waals surface area contributed by atoms with Crippen molar-refractivity contribution in [1.82, 2.24) is 9.97 Å². The van der Waals surface area contributed by atoms with Crippen molar-refractivity contribution in [1.29, 1.82) is 0 Å². The van der Waals surface area contributed by atoms with Gasteiger partial charge in [-0.05, 0) is 12.8 Å². The molecule has 1 heterocycles. The van der Waals surface area contributed by atoms with Crippen molar-refractivity contribution in [3.63, 3.8) is 0 Å². The molecule has 0 saturated heterocycles. The predicted molar refractivity (Wildman–Crippen MR) is 86.5 cm³/mol. The minimum atomic E-state index is -0.342. The third-order valence-corrected chi connectivity index (χ3v) is 3.08. The van der Waals surface area contributed by atoms with E-state index in [1.165, 1.54) is 0 Å². The number of nitrogens with zero attached hydrogens (tertiary/aromatic N) is 3. The van der Waals surface area contributed by atoms with Crippen molar-refractivity contribution >= 4 is 17.5 Å². The Bertz CT molecular complexity index is 450. The average molecular weight is 293 g/mol. The van der Waals surface area contributed by atoms with Gasteiger partial charge in [0.25, 0.3) is 0 Å². The molecular weight excluding hydrogens is 266 g/mol. The molecule has 0 saturated carbocycles. The third kappa shape index (κ3) is 5.97. The second-order valence-electron chi connectivity index (χ2n) is 5.05. The fourth-order valence-corrected chi connectivity index (χ4v) is 1.96. The number of aryl methyl sites for hydroxylation is 1.